The number of aromatic nitrogens is 2. The van der Waals surface area contributed by atoms with Crippen molar-refractivity contribution in [2.45, 2.75) is 39.0 Å². The van der Waals surface area contributed by atoms with Crippen LogP contribution in [0.25, 0.3) is 0 Å². The number of rotatable bonds is 3. The van der Waals surface area contributed by atoms with Gasteiger partial charge in [0.2, 0.25) is 0 Å². The van der Waals surface area contributed by atoms with Crippen LogP contribution in [-0.2, 0) is 30.9 Å². The molecule has 0 radical (unpaired) electrons. The van der Waals surface area contributed by atoms with Gasteiger partial charge in [0.1, 0.15) is 0 Å². The Balaban J connectivity index is 1.93. The van der Waals surface area contributed by atoms with Crippen LogP contribution in [0.1, 0.15) is 29.8 Å². The highest BCUT2D eigenvalue weighted by atomic mass is 16.5. The third-order valence-corrected chi connectivity index (χ3v) is 3.30. The smallest absolute Gasteiger partial charge is 0.0753 e. The Bertz CT molecular complexity index is 368. The summed E-state index contributed by atoms with van der Waals surface area (Å²) in [5, 5.41) is 4.66. The molecule has 1 aromatic rings. The lowest BCUT2D eigenvalue weighted by molar-refractivity contribution is 0.109. The van der Waals surface area contributed by atoms with E-state index in [-0.39, 0.29) is 0 Å². The Labute approximate surface area is 89.4 Å². The maximum absolute atomic E-state index is 5.80. The summed E-state index contributed by atoms with van der Waals surface area (Å²) in [7, 11) is 0. The van der Waals surface area contributed by atoms with Crippen molar-refractivity contribution in [2.24, 2.45) is 11.7 Å². The average Bonchev–Trinajstić information content (AvgIpc) is 2.99. The van der Waals surface area contributed by atoms with Gasteiger partial charge in [-0.1, -0.05) is 0 Å². The molecule has 0 atom stereocenters. The first kappa shape index (κ1) is 9.36. The summed E-state index contributed by atoms with van der Waals surface area (Å²) < 4.78 is 7.59. The minimum Gasteiger partial charge on any atom is -0.376 e. The van der Waals surface area contributed by atoms with E-state index in [0.717, 1.165) is 25.5 Å². The zero-order valence-electron chi connectivity index (χ0n) is 8.91. The van der Waals surface area contributed by atoms with Crippen LogP contribution < -0.4 is 5.73 Å². The van der Waals surface area contributed by atoms with Gasteiger partial charge < -0.3 is 10.5 Å². The Hall–Kier alpha value is -0.870. The molecule has 0 spiro atoms. The average molecular weight is 207 g/mol. The topological polar surface area (TPSA) is 53.1 Å². The summed E-state index contributed by atoms with van der Waals surface area (Å²) >= 11 is 0. The lowest BCUT2D eigenvalue weighted by Crippen LogP contribution is -2.13. The van der Waals surface area contributed by atoms with Gasteiger partial charge >= 0.3 is 0 Å². The number of hydrogen-bond acceptors (Lipinski definition) is 3. The van der Waals surface area contributed by atoms with E-state index in [9.17, 15) is 0 Å². The Morgan fingerprint density at radius 2 is 2.33 bits per heavy atom. The zero-order chi connectivity index (χ0) is 10.3. The van der Waals surface area contributed by atoms with Crippen LogP contribution >= 0.6 is 0 Å². The van der Waals surface area contributed by atoms with Crippen molar-refractivity contribution in [3.05, 3.63) is 17.0 Å². The molecule has 1 fully saturated rings. The van der Waals surface area contributed by atoms with Gasteiger partial charge in [0.25, 0.3) is 0 Å². The van der Waals surface area contributed by atoms with E-state index in [2.05, 4.69) is 9.78 Å². The van der Waals surface area contributed by atoms with Gasteiger partial charge in [-0.05, 0) is 18.8 Å². The summed E-state index contributed by atoms with van der Waals surface area (Å²) in [4.78, 5) is 0. The Kier molecular flexibility index (Phi) is 2.25. The quantitative estimate of drug-likeness (QED) is 0.798. The van der Waals surface area contributed by atoms with Gasteiger partial charge in [0, 0.05) is 25.1 Å². The number of fused-ring (bicyclic) bond motifs is 1. The van der Waals surface area contributed by atoms with E-state index in [1.54, 1.807) is 0 Å². The highest BCUT2D eigenvalue weighted by Gasteiger charge is 2.26. The van der Waals surface area contributed by atoms with E-state index in [1.165, 1.54) is 29.8 Å². The summed E-state index contributed by atoms with van der Waals surface area (Å²) in [5.41, 5.74) is 9.45. The molecule has 0 aromatic carbocycles. The fraction of sp³-hybridized carbons (Fsp3) is 0.727. The molecular formula is C11H17N3O. The molecule has 2 aliphatic rings. The number of hydrogen-bond donors (Lipinski definition) is 1. The molecule has 1 aromatic heterocycles. The van der Waals surface area contributed by atoms with Crippen LogP contribution in [0.15, 0.2) is 0 Å². The maximum Gasteiger partial charge on any atom is 0.0753 e. The van der Waals surface area contributed by atoms with Crippen molar-refractivity contribution < 1.29 is 4.74 Å². The van der Waals surface area contributed by atoms with Crippen molar-refractivity contribution in [3.8, 4) is 0 Å². The van der Waals surface area contributed by atoms with Crippen molar-refractivity contribution in [1.82, 2.24) is 9.78 Å². The summed E-state index contributed by atoms with van der Waals surface area (Å²) in [6, 6.07) is 0. The molecular weight excluding hydrogens is 190 g/mol. The summed E-state index contributed by atoms with van der Waals surface area (Å²) in [6.45, 7) is 3.14. The van der Waals surface area contributed by atoms with Crippen LogP contribution in [0.5, 0.6) is 0 Å². The second-order valence-corrected chi connectivity index (χ2v) is 4.50. The van der Waals surface area contributed by atoms with Crippen LogP contribution in [0.2, 0.25) is 0 Å². The Morgan fingerprint density at radius 3 is 3.07 bits per heavy atom. The van der Waals surface area contributed by atoms with Crippen LogP contribution in [0.3, 0.4) is 0 Å². The van der Waals surface area contributed by atoms with E-state index in [0.29, 0.717) is 13.2 Å². The molecule has 82 valence electrons. The maximum atomic E-state index is 5.80. The van der Waals surface area contributed by atoms with Gasteiger partial charge in [0.05, 0.1) is 24.6 Å². The fourth-order valence-corrected chi connectivity index (χ4v) is 2.22. The monoisotopic (exact) mass is 207 g/mol. The van der Waals surface area contributed by atoms with Gasteiger partial charge in [0.15, 0.2) is 0 Å². The highest BCUT2D eigenvalue weighted by Crippen LogP contribution is 2.32. The highest BCUT2D eigenvalue weighted by molar-refractivity contribution is 5.27. The molecule has 0 amide bonds. The SMILES string of the molecule is NCc1c2c(nn1CC1CC1)CCOC2. The molecule has 1 aliphatic carbocycles. The second kappa shape index (κ2) is 3.61. The predicted octanol–water partition coefficient (Wildman–Crippen LogP) is 0.824. The zero-order valence-corrected chi connectivity index (χ0v) is 8.91. The first-order valence-electron chi connectivity index (χ1n) is 5.73. The third-order valence-electron chi connectivity index (χ3n) is 3.30. The number of nitrogens with zero attached hydrogens (tertiary/aromatic N) is 2. The molecule has 0 saturated heterocycles. The van der Waals surface area contributed by atoms with Crippen molar-refractivity contribution in [3.63, 3.8) is 0 Å². The predicted molar refractivity (Wildman–Crippen MR) is 56.2 cm³/mol. The first-order valence-corrected chi connectivity index (χ1v) is 5.73. The standard InChI is InChI=1S/C11H17N3O/c12-5-11-9-7-15-4-3-10(9)13-14(11)6-8-1-2-8/h8H,1-7,12H2. The second-order valence-electron chi connectivity index (χ2n) is 4.50. The van der Waals surface area contributed by atoms with E-state index < -0.39 is 0 Å². The van der Waals surface area contributed by atoms with Crippen LogP contribution in [-0.4, -0.2) is 16.4 Å². The molecule has 2 heterocycles. The molecule has 1 saturated carbocycles. The van der Waals surface area contributed by atoms with Gasteiger partial charge in [-0.3, -0.25) is 4.68 Å². The third kappa shape index (κ3) is 1.68. The van der Waals surface area contributed by atoms with Crippen molar-refractivity contribution in [2.75, 3.05) is 6.61 Å². The van der Waals surface area contributed by atoms with Gasteiger partial charge in [-0.25, -0.2) is 0 Å². The fourth-order valence-electron chi connectivity index (χ4n) is 2.22. The Morgan fingerprint density at radius 1 is 1.47 bits per heavy atom. The molecule has 4 heteroatoms. The van der Waals surface area contributed by atoms with Crippen molar-refractivity contribution >= 4 is 0 Å². The molecule has 1 aliphatic heterocycles. The van der Waals surface area contributed by atoms with Gasteiger partial charge in [-0.15, -0.1) is 0 Å². The molecule has 15 heavy (non-hydrogen) atoms. The normalized spacial score (nSPS) is 20.3. The largest absolute Gasteiger partial charge is 0.376 e. The van der Waals surface area contributed by atoms with Crippen molar-refractivity contribution in [1.29, 1.82) is 0 Å². The number of nitrogens with two attached hydrogens (primary N) is 1. The van der Waals surface area contributed by atoms with E-state index in [1.807, 2.05) is 0 Å². The minimum atomic E-state index is 0.582. The van der Waals surface area contributed by atoms with Gasteiger partial charge in [-0.2, -0.15) is 5.10 Å². The molecule has 3 rings (SSSR count). The molecule has 0 unspecified atom stereocenters. The van der Waals surface area contributed by atoms with Crippen LogP contribution in [0, 0.1) is 5.92 Å². The van der Waals surface area contributed by atoms with E-state index in [4.69, 9.17) is 10.5 Å². The lowest BCUT2D eigenvalue weighted by atomic mass is 10.1. The molecule has 2 N–H and O–H groups in total. The summed E-state index contributed by atoms with van der Waals surface area (Å²) in [6.07, 6.45) is 3.65. The summed E-state index contributed by atoms with van der Waals surface area (Å²) in [5.74, 6) is 0.845. The van der Waals surface area contributed by atoms with Crippen LogP contribution in [0.4, 0.5) is 0 Å². The number of ether oxygens (including phenoxy) is 1. The molecule has 4 nitrogen and oxygen atoms in total. The minimum absolute atomic E-state index is 0.582. The molecule has 0 bridgehead atoms. The van der Waals surface area contributed by atoms with E-state index >= 15 is 0 Å². The lowest BCUT2D eigenvalue weighted by Gasteiger charge is -2.11. The first-order chi connectivity index (χ1) is 7.38.